The molecule has 0 bridgehead atoms. The highest BCUT2D eigenvalue weighted by Crippen LogP contribution is 1.87. The standard InChI is InChI=1S/C12H20O6/c1-2-3-15-4-5-16-6-7-17-8-9-18-12(10-13)11-14/h1,10,12,14H,3-9,11H2/t12-/m1/s1. The number of rotatable bonds is 13. The fourth-order valence-electron chi connectivity index (χ4n) is 0.964. The Balaban J connectivity index is 3.07. The second kappa shape index (κ2) is 14.1. The van der Waals surface area contributed by atoms with Crippen molar-refractivity contribution in [2.75, 3.05) is 52.9 Å². The largest absolute Gasteiger partial charge is 0.393 e. The monoisotopic (exact) mass is 260 g/mol. The van der Waals surface area contributed by atoms with Crippen LogP contribution in [0.15, 0.2) is 0 Å². The Morgan fingerprint density at radius 3 is 2.11 bits per heavy atom. The summed E-state index contributed by atoms with van der Waals surface area (Å²) in [6.45, 7) is 2.41. The van der Waals surface area contributed by atoms with Gasteiger partial charge in [0.2, 0.25) is 0 Å². The van der Waals surface area contributed by atoms with Gasteiger partial charge in [0.15, 0.2) is 6.29 Å². The number of carbonyl (C=O) groups excluding carboxylic acids is 1. The maximum Gasteiger partial charge on any atom is 0.151 e. The van der Waals surface area contributed by atoms with Crippen LogP contribution in [0.2, 0.25) is 0 Å². The molecular formula is C12H20O6. The lowest BCUT2D eigenvalue weighted by Crippen LogP contribution is -2.22. The highest BCUT2D eigenvalue weighted by molar-refractivity contribution is 5.55. The first kappa shape index (κ1) is 17.0. The predicted molar refractivity (Wildman–Crippen MR) is 64.2 cm³/mol. The van der Waals surface area contributed by atoms with Gasteiger partial charge in [0.05, 0.1) is 46.2 Å². The Bertz CT molecular complexity index is 225. The Morgan fingerprint density at radius 2 is 1.61 bits per heavy atom. The van der Waals surface area contributed by atoms with Crippen LogP contribution in [0, 0.1) is 12.3 Å². The van der Waals surface area contributed by atoms with Crippen molar-refractivity contribution in [3.63, 3.8) is 0 Å². The van der Waals surface area contributed by atoms with Gasteiger partial charge < -0.3 is 28.8 Å². The van der Waals surface area contributed by atoms with Crippen LogP contribution in [0.3, 0.4) is 0 Å². The third kappa shape index (κ3) is 11.5. The van der Waals surface area contributed by atoms with Gasteiger partial charge in [-0.2, -0.15) is 0 Å². The number of terminal acetylenes is 1. The van der Waals surface area contributed by atoms with E-state index >= 15 is 0 Å². The topological polar surface area (TPSA) is 74.2 Å². The molecule has 0 amide bonds. The first-order valence-corrected chi connectivity index (χ1v) is 5.69. The number of aliphatic hydroxyl groups excluding tert-OH is 1. The summed E-state index contributed by atoms with van der Waals surface area (Å²) in [5.41, 5.74) is 0. The van der Waals surface area contributed by atoms with Crippen molar-refractivity contribution in [3.05, 3.63) is 0 Å². The molecule has 0 aliphatic rings. The summed E-state index contributed by atoms with van der Waals surface area (Å²) in [5.74, 6) is 2.35. The van der Waals surface area contributed by atoms with Gasteiger partial charge in [0.25, 0.3) is 0 Å². The van der Waals surface area contributed by atoms with Crippen molar-refractivity contribution >= 4 is 6.29 Å². The smallest absolute Gasteiger partial charge is 0.151 e. The number of carbonyl (C=O) groups is 1. The molecule has 6 heteroatoms. The minimum Gasteiger partial charge on any atom is -0.393 e. The molecule has 0 rings (SSSR count). The van der Waals surface area contributed by atoms with Gasteiger partial charge in [-0.05, 0) is 0 Å². The van der Waals surface area contributed by atoms with Gasteiger partial charge in [0.1, 0.15) is 12.7 Å². The minimum atomic E-state index is -0.766. The van der Waals surface area contributed by atoms with Crippen LogP contribution in [-0.2, 0) is 23.7 Å². The maximum atomic E-state index is 10.3. The predicted octanol–water partition coefficient (Wildman–Crippen LogP) is -0.754. The molecule has 6 nitrogen and oxygen atoms in total. The first-order valence-electron chi connectivity index (χ1n) is 5.69. The molecule has 104 valence electrons. The van der Waals surface area contributed by atoms with E-state index in [4.69, 9.17) is 30.5 Å². The summed E-state index contributed by atoms with van der Waals surface area (Å²) < 4.78 is 20.4. The normalized spacial score (nSPS) is 12.0. The van der Waals surface area contributed by atoms with Gasteiger partial charge in [-0.15, -0.1) is 6.42 Å². The van der Waals surface area contributed by atoms with E-state index in [0.29, 0.717) is 45.9 Å². The van der Waals surface area contributed by atoms with E-state index < -0.39 is 6.10 Å². The summed E-state index contributed by atoms with van der Waals surface area (Å²) in [4.78, 5) is 10.3. The molecule has 0 aromatic rings. The summed E-state index contributed by atoms with van der Waals surface area (Å²) in [5, 5.41) is 8.65. The molecule has 0 fully saturated rings. The Morgan fingerprint density at radius 1 is 1.06 bits per heavy atom. The molecule has 0 aromatic carbocycles. The highest BCUT2D eigenvalue weighted by atomic mass is 16.6. The van der Waals surface area contributed by atoms with Crippen molar-refractivity contribution in [1.82, 2.24) is 0 Å². The molecule has 0 saturated carbocycles. The van der Waals surface area contributed by atoms with E-state index in [0.717, 1.165) is 0 Å². The molecular weight excluding hydrogens is 240 g/mol. The summed E-state index contributed by atoms with van der Waals surface area (Å²) in [7, 11) is 0. The van der Waals surface area contributed by atoms with Crippen LogP contribution in [0.25, 0.3) is 0 Å². The van der Waals surface area contributed by atoms with Gasteiger partial charge in [-0.1, -0.05) is 5.92 Å². The van der Waals surface area contributed by atoms with E-state index in [1.165, 1.54) is 0 Å². The van der Waals surface area contributed by atoms with Crippen LogP contribution in [-0.4, -0.2) is 70.4 Å². The van der Waals surface area contributed by atoms with Crippen LogP contribution in [0.4, 0.5) is 0 Å². The minimum absolute atomic E-state index is 0.259. The highest BCUT2D eigenvalue weighted by Gasteiger charge is 2.03. The van der Waals surface area contributed by atoms with E-state index in [-0.39, 0.29) is 13.2 Å². The van der Waals surface area contributed by atoms with Crippen LogP contribution in [0.5, 0.6) is 0 Å². The van der Waals surface area contributed by atoms with Crippen molar-refractivity contribution in [3.8, 4) is 12.3 Å². The van der Waals surface area contributed by atoms with Crippen molar-refractivity contribution in [2.45, 2.75) is 6.10 Å². The molecule has 1 N–H and O–H groups in total. The SMILES string of the molecule is C#CCOCCOCCOCCO[C@H](C=O)CO. The first-order chi connectivity index (χ1) is 8.85. The third-order valence-electron chi connectivity index (χ3n) is 1.82. The maximum absolute atomic E-state index is 10.3. The quantitative estimate of drug-likeness (QED) is 0.267. The van der Waals surface area contributed by atoms with Crippen molar-refractivity contribution in [1.29, 1.82) is 0 Å². The third-order valence-corrected chi connectivity index (χ3v) is 1.82. The van der Waals surface area contributed by atoms with Gasteiger partial charge in [-0.25, -0.2) is 0 Å². The summed E-state index contributed by atoms with van der Waals surface area (Å²) in [6.07, 6.45) is 4.78. The average molecular weight is 260 g/mol. The zero-order valence-electron chi connectivity index (χ0n) is 10.4. The van der Waals surface area contributed by atoms with Crippen molar-refractivity contribution < 1.29 is 28.8 Å². The molecule has 0 radical (unpaired) electrons. The molecule has 1 atom stereocenters. The lowest BCUT2D eigenvalue weighted by Gasteiger charge is -2.09. The zero-order chi connectivity index (χ0) is 13.5. The molecule has 0 aliphatic carbocycles. The van der Waals surface area contributed by atoms with E-state index in [1.54, 1.807) is 0 Å². The average Bonchev–Trinajstić information content (AvgIpc) is 2.40. The fourth-order valence-corrected chi connectivity index (χ4v) is 0.964. The number of hydrogen-bond donors (Lipinski definition) is 1. The Labute approximate surface area is 107 Å². The number of hydrogen-bond acceptors (Lipinski definition) is 6. The van der Waals surface area contributed by atoms with Gasteiger partial charge in [0, 0.05) is 0 Å². The number of aliphatic hydroxyl groups is 1. The van der Waals surface area contributed by atoms with Crippen molar-refractivity contribution in [2.24, 2.45) is 0 Å². The molecule has 0 unspecified atom stereocenters. The van der Waals surface area contributed by atoms with Crippen LogP contribution in [0.1, 0.15) is 0 Å². The number of ether oxygens (including phenoxy) is 4. The van der Waals surface area contributed by atoms with Gasteiger partial charge >= 0.3 is 0 Å². The molecule has 0 heterocycles. The molecule has 18 heavy (non-hydrogen) atoms. The lowest BCUT2D eigenvalue weighted by molar-refractivity contribution is -0.121. The second-order valence-electron chi connectivity index (χ2n) is 3.21. The lowest BCUT2D eigenvalue weighted by atomic mass is 10.4. The Hall–Kier alpha value is -0.970. The summed E-state index contributed by atoms with van der Waals surface area (Å²) >= 11 is 0. The van der Waals surface area contributed by atoms with Crippen LogP contribution >= 0.6 is 0 Å². The molecule has 0 spiro atoms. The van der Waals surface area contributed by atoms with E-state index in [9.17, 15) is 4.79 Å². The number of aldehydes is 1. The Kier molecular flexibility index (Phi) is 13.3. The van der Waals surface area contributed by atoms with E-state index in [2.05, 4.69) is 5.92 Å². The van der Waals surface area contributed by atoms with Gasteiger partial charge in [-0.3, -0.25) is 0 Å². The van der Waals surface area contributed by atoms with E-state index in [1.807, 2.05) is 0 Å². The molecule has 0 aromatic heterocycles. The fraction of sp³-hybridized carbons (Fsp3) is 0.750. The summed E-state index contributed by atoms with van der Waals surface area (Å²) in [6, 6.07) is 0. The molecule has 0 saturated heterocycles. The molecule has 0 aliphatic heterocycles. The zero-order valence-corrected chi connectivity index (χ0v) is 10.4. The van der Waals surface area contributed by atoms with Crippen LogP contribution < -0.4 is 0 Å². The second-order valence-corrected chi connectivity index (χ2v) is 3.21.